The van der Waals surface area contributed by atoms with Gasteiger partial charge in [0.2, 0.25) is 5.79 Å². The van der Waals surface area contributed by atoms with Gasteiger partial charge in [-0.2, -0.15) is 0 Å². The fourth-order valence-electron chi connectivity index (χ4n) is 2.82. The van der Waals surface area contributed by atoms with Crippen LogP contribution in [0.4, 0.5) is 0 Å². The third kappa shape index (κ3) is 4.18. The first-order valence-electron chi connectivity index (χ1n) is 8.48. The third-order valence-corrected chi connectivity index (χ3v) is 7.71. The molecule has 1 aromatic rings. The molecule has 6 heteroatoms. The Bertz CT molecular complexity index is 536. The van der Waals surface area contributed by atoms with Crippen LogP contribution in [0.15, 0.2) is 18.2 Å². The van der Waals surface area contributed by atoms with Crippen LogP contribution in [0.2, 0.25) is 6.04 Å². The number of benzene rings is 1. The molecule has 1 heterocycles. The summed E-state index contributed by atoms with van der Waals surface area (Å²) in [5, 5.41) is 0. The SMILES string of the molecule is CO[Si](CCCc1ccc2c(c1)COC(C)(C(C)C)O2)(OC)OC. The molecule has 0 bridgehead atoms. The van der Waals surface area contributed by atoms with Gasteiger partial charge in [0.25, 0.3) is 0 Å². The van der Waals surface area contributed by atoms with Gasteiger partial charge in [-0.25, -0.2) is 0 Å². The van der Waals surface area contributed by atoms with Crippen molar-refractivity contribution in [3.05, 3.63) is 29.3 Å². The van der Waals surface area contributed by atoms with Crippen molar-refractivity contribution in [2.75, 3.05) is 21.3 Å². The Hall–Kier alpha value is -0.923. The summed E-state index contributed by atoms with van der Waals surface area (Å²) in [6, 6.07) is 7.15. The van der Waals surface area contributed by atoms with E-state index in [1.807, 2.05) is 6.92 Å². The molecule has 1 aliphatic rings. The second-order valence-corrected chi connectivity index (χ2v) is 9.74. The molecule has 0 saturated heterocycles. The molecular weight excluding hydrogens is 324 g/mol. The van der Waals surface area contributed by atoms with Crippen molar-refractivity contribution in [1.29, 1.82) is 0 Å². The first-order chi connectivity index (χ1) is 11.4. The highest BCUT2D eigenvalue weighted by atomic mass is 28.4. The van der Waals surface area contributed by atoms with Crippen LogP contribution in [0.1, 0.15) is 38.3 Å². The molecule has 0 amide bonds. The van der Waals surface area contributed by atoms with Gasteiger partial charge in [-0.05, 0) is 30.5 Å². The maximum atomic E-state index is 6.07. The first kappa shape index (κ1) is 19.4. The summed E-state index contributed by atoms with van der Waals surface area (Å²) in [5.41, 5.74) is 2.37. The lowest BCUT2D eigenvalue weighted by molar-refractivity contribution is -0.219. The molecule has 1 unspecified atom stereocenters. The Balaban J connectivity index is 1.98. The van der Waals surface area contributed by atoms with Crippen molar-refractivity contribution in [3.63, 3.8) is 0 Å². The van der Waals surface area contributed by atoms with Crippen LogP contribution >= 0.6 is 0 Å². The molecule has 0 spiro atoms. The second kappa shape index (κ2) is 7.97. The van der Waals surface area contributed by atoms with Crippen LogP contribution in [-0.2, 0) is 31.0 Å². The molecule has 0 saturated carbocycles. The predicted molar refractivity (Wildman–Crippen MR) is 95.0 cm³/mol. The van der Waals surface area contributed by atoms with Crippen molar-refractivity contribution in [2.45, 2.75) is 52.1 Å². The molecule has 1 atom stereocenters. The number of hydrogen-bond donors (Lipinski definition) is 0. The van der Waals surface area contributed by atoms with Gasteiger partial charge in [0.15, 0.2) is 0 Å². The van der Waals surface area contributed by atoms with Crippen LogP contribution in [0.25, 0.3) is 0 Å². The monoisotopic (exact) mass is 354 g/mol. The molecule has 0 N–H and O–H groups in total. The zero-order chi connectivity index (χ0) is 17.8. The lowest BCUT2D eigenvalue weighted by Crippen LogP contribution is -2.43. The Morgan fingerprint density at radius 1 is 1.17 bits per heavy atom. The average molecular weight is 355 g/mol. The number of fused-ring (bicyclic) bond motifs is 1. The van der Waals surface area contributed by atoms with E-state index < -0.39 is 14.6 Å². The molecule has 0 aliphatic carbocycles. The molecule has 1 aromatic carbocycles. The number of hydrogen-bond acceptors (Lipinski definition) is 5. The molecular formula is C18H30O5Si. The Kier molecular flexibility index (Phi) is 6.44. The maximum absolute atomic E-state index is 6.07. The quantitative estimate of drug-likeness (QED) is 0.665. The highest BCUT2D eigenvalue weighted by Gasteiger charge is 2.37. The minimum absolute atomic E-state index is 0.292. The zero-order valence-corrected chi connectivity index (χ0v) is 16.7. The molecule has 0 fully saturated rings. The Morgan fingerprint density at radius 3 is 2.42 bits per heavy atom. The van der Waals surface area contributed by atoms with Crippen LogP contribution in [0.5, 0.6) is 5.75 Å². The average Bonchev–Trinajstić information content (AvgIpc) is 2.59. The maximum Gasteiger partial charge on any atom is 0.500 e. The zero-order valence-electron chi connectivity index (χ0n) is 15.7. The van der Waals surface area contributed by atoms with Crippen LogP contribution in [0, 0.1) is 5.92 Å². The molecule has 24 heavy (non-hydrogen) atoms. The molecule has 0 aromatic heterocycles. The van der Waals surface area contributed by atoms with Gasteiger partial charge in [-0.1, -0.05) is 19.9 Å². The van der Waals surface area contributed by atoms with Gasteiger partial charge in [0.1, 0.15) is 5.75 Å². The smallest absolute Gasteiger partial charge is 0.462 e. The third-order valence-electron chi connectivity index (χ3n) is 4.88. The van der Waals surface area contributed by atoms with Gasteiger partial charge >= 0.3 is 8.80 Å². The van der Waals surface area contributed by atoms with E-state index in [2.05, 4.69) is 32.0 Å². The normalized spacial score (nSPS) is 20.8. The number of rotatable bonds is 8. The van der Waals surface area contributed by atoms with Crippen LogP contribution < -0.4 is 4.74 Å². The van der Waals surface area contributed by atoms with Gasteiger partial charge in [-0.15, -0.1) is 0 Å². The molecule has 0 radical (unpaired) electrons. The summed E-state index contributed by atoms with van der Waals surface area (Å²) >= 11 is 0. The van der Waals surface area contributed by atoms with Gasteiger partial charge in [0.05, 0.1) is 6.61 Å². The standard InChI is InChI=1S/C18H30O5Si/c1-14(2)18(3)22-13-16-12-15(9-10-17(16)23-18)8-7-11-24(19-4,20-5)21-6/h9-10,12,14H,7-8,11,13H2,1-6H3. The van der Waals surface area contributed by atoms with Crippen LogP contribution in [0.3, 0.4) is 0 Å². The molecule has 136 valence electrons. The second-order valence-electron chi connectivity index (χ2n) is 6.65. The minimum Gasteiger partial charge on any atom is -0.462 e. The van der Waals surface area contributed by atoms with E-state index in [0.29, 0.717) is 12.5 Å². The fourth-order valence-corrected chi connectivity index (χ4v) is 4.54. The summed E-state index contributed by atoms with van der Waals surface area (Å²) < 4.78 is 28.4. The van der Waals surface area contributed by atoms with Crippen molar-refractivity contribution < 1.29 is 22.8 Å². The van der Waals surface area contributed by atoms with E-state index >= 15 is 0 Å². The van der Waals surface area contributed by atoms with Crippen LogP contribution in [-0.4, -0.2) is 35.9 Å². The van der Waals surface area contributed by atoms with E-state index in [1.54, 1.807) is 21.3 Å². The first-order valence-corrected chi connectivity index (χ1v) is 10.4. The number of ether oxygens (including phenoxy) is 2. The summed E-state index contributed by atoms with van der Waals surface area (Å²) in [5.74, 6) is 0.672. The minimum atomic E-state index is -2.48. The van der Waals surface area contributed by atoms with Gasteiger partial charge < -0.3 is 22.8 Å². The van der Waals surface area contributed by atoms with E-state index in [4.69, 9.17) is 22.8 Å². The summed E-state index contributed by atoms with van der Waals surface area (Å²) in [4.78, 5) is 0. The van der Waals surface area contributed by atoms with E-state index in [9.17, 15) is 0 Å². The highest BCUT2D eigenvalue weighted by Crippen LogP contribution is 2.36. The summed E-state index contributed by atoms with van der Waals surface area (Å²) in [6.45, 7) is 6.80. The van der Waals surface area contributed by atoms with Crippen molar-refractivity contribution in [1.82, 2.24) is 0 Å². The lowest BCUT2D eigenvalue weighted by atomic mass is 10.0. The largest absolute Gasteiger partial charge is 0.500 e. The van der Waals surface area contributed by atoms with Crippen molar-refractivity contribution in [2.24, 2.45) is 5.92 Å². The Morgan fingerprint density at radius 2 is 1.83 bits per heavy atom. The van der Waals surface area contributed by atoms with Crippen molar-refractivity contribution >= 4 is 8.80 Å². The van der Waals surface area contributed by atoms with E-state index in [1.165, 1.54) is 5.56 Å². The van der Waals surface area contributed by atoms with Gasteiger partial charge in [0, 0.05) is 45.8 Å². The predicted octanol–water partition coefficient (Wildman–Crippen LogP) is 3.78. The Labute approximate surface area is 146 Å². The molecule has 1 aliphatic heterocycles. The highest BCUT2D eigenvalue weighted by molar-refractivity contribution is 6.60. The summed E-state index contributed by atoms with van der Waals surface area (Å²) in [7, 11) is 2.47. The lowest BCUT2D eigenvalue weighted by Gasteiger charge is -2.38. The van der Waals surface area contributed by atoms with Gasteiger partial charge in [-0.3, -0.25) is 0 Å². The topological polar surface area (TPSA) is 46.2 Å². The molecule has 2 rings (SSSR count). The fraction of sp³-hybridized carbons (Fsp3) is 0.667. The van der Waals surface area contributed by atoms with E-state index in [0.717, 1.165) is 30.2 Å². The summed E-state index contributed by atoms with van der Waals surface area (Å²) in [6.07, 6.45) is 1.89. The van der Waals surface area contributed by atoms with E-state index in [-0.39, 0.29) is 0 Å². The number of aryl methyl sites for hydroxylation is 1. The molecule has 5 nitrogen and oxygen atoms in total. The van der Waals surface area contributed by atoms with Crippen molar-refractivity contribution in [3.8, 4) is 5.75 Å².